The molecule has 0 bridgehead atoms. The van der Waals surface area contributed by atoms with Gasteiger partial charge in [-0.15, -0.1) is 0 Å². The van der Waals surface area contributed by atoms with Gasteiger partial charge in [-0.25, -0.2) is 0 Å². The van der Waals surface area contributed by atoms with Crippen molar-refractivity contribution in [2.75, 3.05) is 13.1 Å². The van der Waals surface area contributed by atoms with Crippen molar-refractivity contribution in [3.8, 4) is 0 Å². The minimum absolute atomic E-state index is 0.114. The summed E-state index contributed by atoms with van der Waals surface area (Å²) in [5, 5.41) is 12.0. The Labute approximate surface area is 134 Å². The highest BCUT2D eigenvalue weighted by Gasteiger charge is 2.41. The maximum Gasteiger partial charge on any atom is 0.233 e. The average Bonchev–Trinajstić information content (AvgIpc) is 2.92. The summed E-state index contributed by atoms with van der Waals surface area (Å²) in [5.74, 6) is -0.114. The number of hydrogen-bond acceptors (Lipinski definition) is 3. The Balaban J connectivity index is 1.79. The molecule has 0 saturated carbocycles. The molecule has 0 aromatic heterocycles. The normalized spacial score (nSPS) is 21.9. The summed E-state index contributed by atoms with van der Waals surface area (Å²) in [7, 11) is 0. The standard InChI is InChI=1S/C17H17ClN2O2/c18-15-8-4-7-14(9-15)16-11-19(12-17(16)20(21)22)10-13-5-2-1-3-6-13/h1-9,16-17H,10-12H2. The van der Waals surface area contributed by atoms with Crippen molar-refractivity contribution >= 4 is 11.6 Å². The van der Waals surface area contributed by atoms with Crippen LogP contribution in [0.25, 0.3) is 0 Å². The van der Waals surface area contributed by atoms with Gasteiger partial charge in [0.15, 0.2) is 0 Å². The molecule has 22 heavy (non-hydrogen) atoms. The third-order valence-corrected chi connectivity index (χ3v) is 4.40. The zero-order chi connectivity index (χ0) is 15.5. The van der Waals surface area contributed by atoms with Crippen LogP contribution in [-0.4, -0.2) is 29.0 Å². The fraction of sp³-hybridized carbons (Fsp3) is 0.294. The van der Waals surface area contributed by atoms with Crippen LogP contribution in [0.5, 0.6) is 0 Å². The highest BCUT2D eigenvalue weighted by Crippen LogP contribution is 2.31. The summed E-state index contributed by atoms with van der Waals surface area (Å²) in [5.41, 5.74) is 2.13. The monoisotopic (exact) mass is 316 g/mol. The summed E-state index contributed by atoms with van der Waals surface area (Å²) in [6, 6.07) is 16.9. The Hall–Kier alpha value is -1.91. The molecule has 2 unspecified atom stereocenters. The number of hydrogen-bond donors (Lipinski definition) is 0. The van der Waals surface area contributed by atoms with Crippen molar-refractivity contribution in [1.29, 1.82) is 0 Å². The number of rotatable bonds is 4. The Kier molecular flexibility index (Phi) is 4.41. The minimum Gasteiger partial charge on any atom is -0.292 e. The number of nitrogens with zero attached hydrogens (tertiary/aromatic N) is 2. The molecule has 4 nitrogen and oxygen atoms in total. The highest BCUT2D eigenvalue weighted by molar-refractivity contribution is 6.30. The van der Waals surface area contributed by atoms with Crippen LogP contribution in [-0.2, 0) is 6.54 Å². The lowest BCUT2D eigenvalue weighted by Crippen LogP contribution is -2.28. The van der Waals surface area contributed by atoms with E-state index in [0.29, 0.717) is 18.1 Å². The highest BCUT2D eigenvalue weighted by atomic mass is 35.5. The lowest BCUT2D eigenvalue weighted by molar-refractivity contribution is -0.521. The quantitative estimate of drug-likeness (QED) is 0.639. The first-order valence-corrected chi connectivity index (χ1v) is 7.66. The molecule has 1 aliphatic rings. The molecule has 0 aliphatic carbocycles. The van der Waals surface area contributed by atoms with Crippen LogP contribution in [0.1, 0.15) is 17.0 Å². The van der Waals surface area contributed by atoms with E-state index < -0.39 is 6.04 Å². The largest absolute Gasteiger partial charge is 0.292 e. The van der Waals surface area contributed by atoms with Gasteiger partial charge in [0.05, 0.1) is 12.5 Å². The molecule has 5 heteroatoms. The van der Waals surface area contributed by atoms with Crippen molar-refractivity contribution in [2.24, 2.45) is 0 Å². The topological polar surface area (TPSA) is 46.4 Å². The SMILES string of the molecule is O=[N+]([O-])C1CN(Cc2ccccc2)CC1c1cccc(Cl)c1. The molecule has 114 valence electrons. The van der Waals surface area contributed by atoms with E-state index in [2.05, 4.69) is 4.90 Å². The Bertz CT molecular complexity index is 663. The lowest BCUT2D eigenvalue weighted by Gasteiger charge is -2.15. The van der Waals surface area contributed by atoms with Gasteiger partial charge in [0, 0.05) is 23.0 Å². The first kappa shape index (κ1) is 15.0. The molecular weight excluding hydrogens is 300 g/mol. The van der Waals surface area contributed by atoms with Gasteiger partial charge in [-0.1, -0.05) is 54.1 Å². The lowest BCUT2D eigenvalue weighted by atomic mass is 9.95. The van der Waals surface area contributed by atoms with Gasteiger partial charge in [0.2, 0.25) is 6.04 Å². The van der Waals surface area contributed by atoms with Crippen LogP contribution in [0.15, 0.2) is 54.6 Å². The van der Waals surface area contributed by atoms with E-state index in [0.717, 1.165) is 12.1 Å². The summed E-state index contributed by atoms with van der Waals surface area (Å²) >= 11 is 6.03. The van der Waals surface area contributed by atoms with E-state index in [9.17, 15) is 10.1 Å². The Morgan fingerprint density at radius 1 is 1.14 bits per heavy atom. The van der Waals surface area contributed by atoms with Gasteiger partial charge in [0.1, 0.15) is 0 Å². The van der Waals surface area contributed by atoms with E-state index >= 15 is 0 Å². The Morgan fingerprint density at radius 3 is 2.59 bits per heavy atom. The number of benzene rings is 2. The van der Waals surface area contributed by atoms with Crippen molar-refractivity contribution in [2.45, 2.75) is 18.5 Å². The van der Waals surface area contributed by atoms with Crippen molar-refractivity contribution in [3.05, 3.63) is 80.9 Å². The molecule has 2 atom stereocenters. The smallest absolute Gasteiger partial charge is 0.233 e. The summed E-state index contributed by atoms with van der Waals surface area (Å²) in [4.78, 5) is 13.4. The fourth-order valence-electron chi connectivity index (χ4n) is 3.12. The van der Waals surface area contributed by atoms with E-state index in [4.69, 9.17) is 11.6 Å². The molecule has 1 heterocycles. The number of nitro groups is 1. The molecule has 1 saturated heterocycles. The van der Waals surface area contributed by atoms with Crippen molar-refractivity contribution in [3.63, 3.8) is 0 Å². The predicted molar refractivity (Wildman–Crippen MR) is 86.7 cm³/mol. The molecule has 0 amide bonds. The van der Waals surface area contributed by atoms with Crippen LogP contribution >= 0.6 is 11.6 Å². The van der Waals surface area contributed by atoms with Crippen LogP contribution < -0.4 is 0 Å². The molecule has 1 aliphatic heterocycles. The second kappa shape index (κ2) is 6.46. The summed E-state index contributed by atoms with van der Waals surface area (Å²) in [6.45, 7) is 1.89. The molecule has 3 rings (SSSR count). The van der Waals surface area contributed by atoms with Crippen LogP contribution in [0, 0.1) is 10.1 Å². The van der Waals surface area contributed by atoms with Gasteiger partial charge >= 0.3 is 0 Å². The Morgan fingerprint density at radius 2 is 1.91 bits per heavy atom. The molecule has 0 N–H and O–H groups in total. The number of halogens is 1. The fourth-order valence-corrected chi connectivity index (χ4v) is 3.31. The third-order valence-electron chi connectivity index (χ3n) is 4.16. The van der Waals surface area contributed by atoms with Gasteiger partial charge < -0.3 is 0 Å². The predicted octanol–water partition coefficient (Wildman–Crippen LogP) is 3.58. The first-order valence-electron chi connectivity index (χ1n) is 7.29. The van der Waals surface area contributed by atoms with E-state index in [1.165, 1.54) is 5.56 Å². The molecular formula is C17H17ClN2O2. The van der Waals surface area contributed by atoms with Gasteiger partial charge in [-0.05, 0) is 23.3 Å². The first-order chi connectivity index (χ1) is 10.6. The zero-order valence-electron chi connectivity index (χ0n) is 12.1. The van der Waals surface area contributed by atoms with Gasteiger partial charge in [-0.3, -0.25) is 15.0 Å². The minimum atomic E-state index is -0.581. The van der Waals surface area contributed by atoms with Crippen molar-refractivity contribution in [1.82, 2.24) is 4.90 Å². The van der Waals surface area contributed by atoms with Crippen LogP contribution in [0.2, 0.25) is 5.02 Å². The van der Waals surface area contributed by atoms with Crippen LogP contribution in [0.4, 0.5) is 0 Å². The zero-order valence-corrected chi connectivity index (χ0v) is 12.8. The van der Waals surface area contributed by atoms with Gasteiger partial charge in [-0.2, -0.15) is 0 Å². The summed E-state index contributed by atoms with van der Waals surface area (Å²) < 4.78 is 0. The average molecular weight is 317 g/mol. The number of likely N-dealkylation sites (tertiary alicyclic amines) is 1. The second-order valence-corrected chi connectivity index (χ2v) is 6.13. The molecule has 1 fully saturated rings. The molecule has 0 spiro atoms. The van der Waals surface area contributed by atoms with Crippen LogP contribution in [0.3, 0.4) is 0 Å². The van der Waals surface area contributed by atoms with E-state index in [1.807, 2.05) is 48.5 Å². The molecule has 0 radical (unpaired) electrons. The maximum atomic E-state index is 11.4. The maximum absolute atomic E-state index is 11.4. The molecule has 2 aromatic carbocycles. The second-order valence-electron chi connectivity index (χ2n) is 5.69. The third kappa shape index (κ3) is 3.29. The van der Waals surface area contributed by atoms with E-state index in [-0.39, 0.29) is 10.8 Å². The van der Waals surface area contributed by atoms with Gasteiger partial charge in [0.25, 0.3) is 0 Å². The summed E-state index contributed by atoms with van der Waals surface area (Å²) in [6.07, 6.45) is 0. The van der Waals surface area contributed by atoms with Crippen molar-refractivity contribution < 1.29 is 4.92 Å². The molecule has 2 aromatic rings. The van der Waals surface area contributed by atoms with E-state index in [1.54, 1.807) is 6.07 Å².